The van der Waals surface area contributed by atoms with Crippen LogP contribution in [0.25, 0.3) is 0 Å². The Hall–Kier alpha value is -1.91. The monoisotopic (exact) mass is 383 g/mol. The van der Waals surface area contributed by atoms with Crippen molar-refractivity contribution >= 4 is 5.97 Å². The minimum absolute atomic E-state index is 0.116. The van der Waals surface area contributed by atoms with Crippen molar-refractivity contribution in [2.75, 3.05) is 7.11 Å². The Morgan fingerprint density at radius 1 is 1.26 bits per heavy atom. The van der Waals surface area contributed by atoms with Crippen LogP contribution in [0, 0.1) is 5.92 Å². The van der Waals surface area contributed by atoms with Crippen LogP contribution in [0.3, 0.4) is 0 Å². The van der Waals surface area contributed by atoms with Gasteiger partial charge in [-0.2, -0.15) is 0 Å². The third-order valence-corrected chi connectivity index (χ3v) is 4.37. The topological polar surface area (TPSA) is 38.3 Å². The number of rotatable bonds is 7. The average molecular weight is 384 g/mol. The maximum absolute atomic E-state index is 13.4. The fraction of sp³-hybridized carbons (Fsp3) is 0.591. The van der Waals surface area contributed by atoms with Gasteiger partial charge < -0.3 is 10.1 Å². The zero-order chi connectivity index (χ0) is 21.2. The van der Waals surface area contributed by atoms with Gasteiger partial charge in [-0.05, 0) is 43.4 Å². The van der Waals surface area contributed by atoms with E-state index in [9.17, 15) is 13.6 Å². The maximum Gasteiger partial charge on any atom is 0.338 e. The lowest BCUT2D eigenvalue weighted by molar-refractivity contribution is 0.0536. The van der Waals surface area contributed by atoms with E-state index in [4.69, 9.17) is 4.74 Å². The molecule has 0 aromatic heterocycles. The Labute approximate surface area is 163 Å². The number of methoxy groups -OCH3 is 1. The first-order valence-electron chi connectivity index (χ1n) is 9.53. The molecule has 0 saturated heterocycles. The van der Waals surface area contributed by atoms with Crippen molar-refractivity contribution in [2.45, 2.75) is 73.3 Å². The first-order valence-corrected chi connectivity index (χ1v) is 9.53. The Balaban J connectivity index is 0.00000119. The van der Waals surface area contributed by atoms with Crippen molar-refractivity contribution in [3.05, 3.63) is 46.7 Å². The van der Waals surface area contributed by atoms with E-state index in [0.29, 0.717) is 12.0 Å². The number of aryl methyl sites for hydroxylation is 1. The number of halogens is 2. The lowest BCUT2D eigenvalue weighted by Crippen LogP contribution is -2.29. The largest absolute Gasteiger partial charge is 0.465 e. The van der Waals surface area contributed by atoms with Crippen LogP contribution in [0.2, 0.25) is 0 Å². The standard InChI is InChI=1S/C17H23F2NO2.C5H12/c1-6-12-10-13(8-9-14(12)16(21)22-5)11(3)20-15(7-2)17(4,18)19;1-4-5(2)3/h7-11,20H,6H2,1-5H3;5H,4H2,1-3H3/b15-7-;. The second-order valence-corrected chi connectivity index (χ2v) is 7.02. The van der Waals surface area contributed by atoms with E-state index in [1.54, 1.807) is 19.1 Å². The van der Waals surface area contributed by atoms with Crippen LogP contribution in [-0.2, 0) is 11.2 Å². The summed E-state index contributed by atoms with van der Waals surface area (Å²) in [4.78, 5) is 11.7. The Morgan fingerprint density at radius 2 is 1.81 bits per heavy atom. The van der Waals surface area contributed by atoms with Crippen molar-refractivity contribution in [2.24, 2.45) is 5.92 Å². The Kier molecular flexibility index (Phi) is 10.9. The summed E-state index contributed by atoms with van der Waals surface area (Å²) in [6.07, 6.45) is 3.34. The van der Waals surface area contributed by atoms with Gasteiger partial charge in [-0.3, -0.25) is 0 Å². The van der Waals surface area contributed by atoms with E-state index in [2.05, 4.69) is 26.1 Å². The van der Waals surface area contributed by atoms with Gasteiger partial charge in [-0.15, -0.1) is 0 Å². The summed E-state index contributed by atoms with van der Waals surface area (Å²) < 4.78 is 31.6. The summed E-state index contributed by atoms with van der Waals surface area (Å²) in [6, 6.07) is 4.99. The molecule has 5 heteroatoms. The van der Waals surface area contributed by atoms with E-state index >= 15 is 0 Å². The first kappa shape index (κ1) is 25.1. The van der Waals surface area contributed by atoms with Crippen molar-refractivity contribution in [3.8, 4) is 0 Å². The quantitative estimate of drug-likeness (QED) is 0.562. The van der Waals surface area contributed by atoms with Gasteiger partial charge in [-0.1, -0.05) is 52.3 Å². The van der Waals surface area contributed by atoms with Gasteiger partial charge in [-0.25, -0.2) is 13.6 Å². The fourth-order valence-corrected chi connectivity index (χ4v) is 2.26. The van der Waals surface area contributed by atoms with E-state index in [-0.39, 0.29) is 11.7 Å². The van der Waals surface area contributed by atoms with Crippen LogP contribution in [0.4, 0.5) is 8.78 Å². The average Bonchev–Trinajstić information content (AvgIpc) is 2.63. The summed E-state index contributed by atoms with van der Waals surface area (Å²) in [5.74, 6) is -2.42. The zero-order valence-corrected chi connectivity index (χ0v) is 18.0. The predicted molar refractivity (Wildman–Crippen MR) is 108 cm³/mol. The van der Waals surface area contributed by atoms with Gasteiger partial charge in [0.1, 0.15) is 0 Å². The van der Waals surface area contributed by atoms with Gasteiger partial charge in [0.25, 0.3) is 5.92 Å². The Morgan fingerprint density at radius 3 is 2.19 bits per heavy atom. The number of allylic oxidation sites excluding steroid dienone is 2. The molecule has 1 atom stereocenters. The van der Waals surface area contributed by atoms with Crippen LogP contribution < -0.4 is 5.32 Å². The smallest absolute Gasteiger partial charge is 0.338 e. The van der Waals surface area contributed by atoms with Crippen LogP contribution in [0.5, 0.6) is 0 Å². The predicted octanol–water partition coefficient (Wildman–Crippen LogP) is 6.30. The molecule has 0 bridgehead atoms. The molecule has 0 aliphatic rings. The van der Waals surface area contributed by atoms with E-state index in [1.807, 2.05) is 19.9 Å². The van der Waals surface area contributed by atoms with Crippen molar-refractivity contribution in [3.63, 3.8) is 0 Å². The molecule has 0 heterocycles. The molecule has 0 radical (unpaired) electrons. The third kappa shape index (κ3) is 8.55. The highest BCUT2D eigenvalue weighted by molar-refractivity contribution is 5.91. The lowest BCUT2D eigenvalue weighted by Gasteiger charge is -2.23. The molecule has 27 heavy (non-hydrogen) atoms. The normalized spacial score (nSPS) is 12.9. The molecular formula is C22H35F2NO2. The molecule has 1 aromatic rings. The molecule has 0 spiro atoms. The summed E-state index contributed by atoms with van der Waals surface area (Å²) >= 11 is 0. The number of nitrogens with one attached hydrogen (secondary N) is 1. The van der Waals surface area contributed by atoms with Crippen LogP contribution in [-0.4, -0.2) is 19.0 Å². The zero-order valence-electron chi connectivity index (χ0n) is 18.0. The molecule has 1 rings (SSSR count). The van der Waals surface area contributed by atoms with Gasteiger partial charge in [0, 0.05) is 13.0 Å². The molecule has 0 fully saturated rings. The van der Waals surface area contributed by atoms with E-state index in [0.717, 1.165) is 24.0 Å². The maximum atomic E-state index is 13.4. The molecular weight excluding hydrogens is 348 g/mol. The summed E-state index contributed by atoms with van der Waals surface area (Å²) in [5, 5.41) is 2.83. The summed E-state index contributed by atoms with van der Waals surface area (Å²) in [6.45, 7) is 12.8. The minimum atomic E-state index is -2.91. The van der Waals surface area contributed by atoms with Crippen LogP contribution in [0.1, 0.15) is 82.4 Å². The highest BCUT2D eigenvalue weighted by Gasteiger charge is 2.28. The molecule has 1 unspecified atom stereocenters. The number of alkyl halides is 2. The lowest BCUT2D eigenvalue weighted by atomic mass is 9.98. The van der Waals surface area contributed by atoms with Crippen LogP contribution >= 0.6 is 0 Å². The first-order chi connectivity index (χ1) is 12.5. The highest BCUT2D eigenvalue weighted by Crippen LogP contribution is 2.25. The fourth-order valence-electron chi connectivity index (χ4n) is 2.26. The highest BCUT2D eigenvalue weighted by atomic mass is 19.3. The Bertz CT molecular complexity index is 619. The third-order valence-electron chi connectivity index (χ3n) is 4.37. The number of esters is 1. The molecule has 0 aliphatic carbocycles. The van der Waals surface area contributed by atoms with Gasteiger partial charge in [0.15, 0.2) is 0 Å². The molecule has 0 saturated carbocycles. The second kappa shape index (κ2) is 11.7. The second-order valence-electron chi connectivity index (χ2n) is 7.02. The molecule has 1 N–H and O–H groups in total. The van der Waals surface area contributed by atoms with Gasteiger partial charge >= 0.3 is 5.97 Å². The number of hydrogen-bond acceptors (Lipinski definition) is 3. The SMILES string of the molecule is C/C=C(\NC(C)c1ccc(C(=O)OC)c(CC)c1)C(C)(F)F.CCC(C)C. The number of ether oxygens (including phenoxy) is 1. The summed E-state index contributed by atoms with van der Waals surface area (Å²) in [5.41, 5.74) is 2.07. The summed E-state index contributed by atoms with van der Waals surface area (Å²) in [7, 11) is 1.33. The van der Waals surface area contributed by atoms with E-state index < -0.39 is 11.9 Å². The number of benzene rings is 1. The van der Waals surface area contributed by atoms with Crippen molar-refractivity contribution < 1.29 is 18.3 Å². The number of hydrogen-bond donors (Lipinski definition) is 1. The number of carbonyl (C=O) groups excluding carboxylic acids is 1. The van der Waals surface area contributed by atoms with Gasteiger partial charge in [0.05, 0.1) is 18.4 Å². The number of carbonyl (C=O) groups is 1. The molecule has 154 valence electrons. The van der Waals surface area contributed by atoms with Gasteiger partial charge in [0.2, 0.25) is 0 Å². The minimum Gasteiger partial charge on any atom is -0.465 e. The van der Waals surface area contributed by atoms with Crippen molar-refractivity contribution in [1.29, 1.82) is 0 Å². The molecule has 1 aromatic carbocycles. The van der Waals surface area contributed by atoms with E-state index in [1.165, 1.54) is 19.6 Å². The molecule has 3 nitrogen and oxygen atoms in total. The van der Waals surface area contributed by atoms with Crippen LogP contribution in [0.15, 0.2) is 30.0 Å². The molecule has 0 amide bonds. The molecule has 0 aliphatic heterocycles. The van der Waals surface area contributed by atoms with Crippen molar-refractivity contribution in [1.82, 2.24) is 5.32 Å².